The molecule has 1 aliphatic rings. The van der Waals surface area contributed by atoms with Gasteiger partial charge in [0.05, 0.1) is 0 Å². The van der Waals surface area contributed by atoms with Crippen molar-refractivity contribution in [2.75, 3.05) is 13.1 Å². The lowest BCUT2D eigenvalue weighted by Gasteiger charge is -2.38. The monoisotopic (exact) mass is 271 g/mol. The number of ketones is 1. The Labute approximate surface area is 122 Å². The Balaban J connectivity index is 2.17. The van der Waals surface area contributed by atoms with Gasteiger partial charge >= 0.3 is 0 Å². The van der Waals surface area contributed by atoms with Crippen molar-refractivity contribution in [1.29, 1.82) is 0 Å². The van der Waals surface area contributed by atoms with Crippen LogP contribution in [-0.4, -0.2) is 23.8 Å². The lowest BCUT2D eigenvalue weighted by Crippen LogP contribution is -2.47. The van der Waals surface area contributed by atoms with Gasteiger partial charge in [0.2, 0.25) is 0 Å². The third kappa shape index (κ3) is 3.57. The second kappa shape index (κ2) is 5.92. The first-order valence-electron chi connectivity index (χ1n) is 7.40. The molecule has 0 unspecified atom stereocenters. The number of nitrogens with zero attached hydrogens (tertiary/aromatic N) is 1. The Morgan fingerprint density at radius 2 is 1.90 bits per heavy atom. The van der Waals surface area contributed by atoms with Gasteiger partial charge in [-0.25, -0.2) is 0 Å². The molecule has 0 bridgehead atoms. The Morgan fingerprint density at radius 3 is 2.50 bits per heavy atom. The van der Waals surface area contributed by atoms with Gasteiger partial charge in [-0.2, -0.15) is 0 Å². The second-order valence-corrected chi connectivity index (χ2v) is 6.78. The summed E-state index contributed by atoms with van der Waals surface area (Å²) in [5, 5.41) is 0. The summed E-state index contributed by atoms with van der Waals surface area (Å²) in [7, 11) is 0. The van der Waals surface area contributed by atoms with E-state index < -0.39 is 0 Å². The minimum Gasteiger partial charge on any atom is -0.294 e. The molecule has 0 spiro atoms. The number of allylic oxidation sites excluding steroid dienone is 1. The molecule has 0 aromatic heterocycles. The van der Waals surface area contributed by atoms with Crippen molar-refractivity contribution in [3.8, 4) is 0 Å². The van der Waals surface area contributed by atoms with Crippen LogP contribution in [0.4, 0.5) is 0 Å². The van der Waals surface area contributed by atoms with Crippen LogP contribution in [0.1, 0.15) is 33.3 Å². The normalized spacial score (nSPS) is 21.6. The third-order valence-corrected chi connectivity index (χ3v) is 3.70. The molecule has 0 aliphatic carbocycles. The maximum Gasteiger partial charge on any atom is 0.166 e. The lowest BCUT2D eigenvalue weighted by atomic mass is 9.79. The van der Waals surface area contributed by atoms with E-state index in [0.29, 0.717) is 11.7 Å². The first-order chi connectivity index (χ1) is 9.38. The molecule has 2 rings (SSSR count). The SMILES string of the molecule is CC(C)/C=C1/CN(Cc2ccccc2)CC(C)(C)C1=O. The van der Waals surface area contributed by atoms with Gasteiger partial charge in [-0.1, -0.05) is 64.1 Å². The summed E-state index contributed by atoms with van der Waals surface area (Å²) in [6, 6.07) is 10.5. The standard InChI is InChI=1S/C18H25NO/c1-14(2)10-16-12-19(13-18(3,4)17(16)20)11-15-8-6-5-7-9-15/h5-10,14H,11-13H2,1-4H3/b16-10-. The van der Waals surface area contributed by atoms with E-state index in [1.807, 2.05) is 6.07 Å². The molecule has 20 heavy (non-hydrogen) atoms. The summed E-state index contributed by atoms with van der Waals surface area (Å²) < 4.78 is 0. The van der Waals surface area contributed by atoms with Crippen LogP contribution in [0.5, 0.6) is 0 Å². The number of piperidine rings is 1. The number of likely N-dealkylation sites (tertiary alicyclic amines) is 1. The molecule has 0 saturated carbocycles. The Morgan fingerprint density at radius 1 is 1.25 bits per heavy atom. The topological polar surface area (TPSA) is 20.3 Å². The average molecular weight is 271 g/mol. The molecule has 0 atom stereocenters. The van der Waals surface area contributed by atoms with Crippen LogP contribution in [0, 0.1) is 11.3 Å². The number of rotatable bonds is 3. The predicted molar refractivity (Wildman–Crippen MR) is 83.4 cm³/mol. The molecule has 1 aromatic rings. The second-order valence-electron chi connectivity index (χ2n) is 6.78. The van der Waals surface area contributed by atoms with Crippen LogP contribution >= 0.6 is 0 Å². The Bertz CT molecular complexity index is 499. The predicted octanol–water partition coefficient (Wildman–Crippen LogP) is 3.68. The molecule has 0 amide bonds. The van der Waals surface area contributed by atoms with Crippen molar-refractivity contribution in [3.05, 3.63) is 47.5 Å². The summed E-state index contributed by atoms with van der Waals surface area (Å²) in [5.74, 6) is 0.733. The van der Waals surface area contributed by atoms with Crippen molar-refractivity contribution in [2.45, 2.75) is 34.2 Å². The largest absolute Gasteiger partial charge is 0.294 e. The van der Waals surface area contributed by atoms with E-state index in [-0.39, 0.29) is 5.41 Å². The zero-order valence-corrected chi connectivity index (χ0v) is 13.0. The first-order valence-corrected chi connectivity index (χ1v) is 7.40. The van der Waals surface area contributed by atoms with E-state index >= 15 is 0 Å². The highest BCUT2D eigenvalue weighted by Gasteiger charge is 2.37. The summed E-state index contributed by atoms with van der Waals surface area (Å²) in [4.78, 5) is 14.9. The summed E-state index contributed by atoms with van der Waals surface area (Å²) >= 11 is 0. The molecular formula is C18H25NO. The first kappa shape index (κ1) is 15.0. The van der Waals surface area contributed by atoms with E-state index in [2.05, 4.69) is 62.9 Å². The Hall–Kier alpha value is -1.41. The maximum absolute atomic E-state index is 12.5. The Kier molecular flexibility index (Phi) is 4.44. The molecular weight excluding hydrogens is 246 g/mol. The van der Waals surface area contributed by atoms with E-state index in [0.717, 1.165) is 25.2 Å². The maximum atomic E-state index is 12.5. The molecule has 1 heterocycles. The van der Waals surface area contributed by atoms with Gasteiger partial charge in [0, 0.05) is 30.6 Å². The van der Waals surface area contributed by atoms with Crippen LogP contribution in [-0.2, 0) is 11.3 Å². The molecule has 1 aromatic carbocycles. The number of Topliss-reactive ketones (excluding diaryl/α,β-unsaturated/α-hetero) is 1. The number of carbonyl (C=O) groups excluding carboxylic acids is 1. The molecule has 108 valence electrons. The van der Waals surface area contributed by atoms with E-state index in [1.165, 1.54) is 5.56 Å². The van der Waals surface area contributed by atoms with Crippen LogP contribution in [0.2, 0.25) is 0 Å². The molecule has 0 radical (unpaired) electrons. The van der Waals surface area contributed by atoms with Gasteiger partial charge in [0.15, 0.2) is 5.78 Å². The molecule has 2 heteroatoms. The average Bonchev–Trinajstić information content (AvgIpc) is 2.35. The molecule has 0 N–H and O–H groups in total. The fourth-order valence-electron chi connectivity index (χ4n) is 2.92. The minimum absolute atomic E-state index is 0.284. The number of hydrogen-bond donors (Lipinski definition) is 0. The number of hydrogen-bond acceptors (Lipinski definition) is 2. The van der Waals surface area contributed by atoms with Crippen LogP contribution < -0.4 is 0 Å². The van der Waals surface area contributed by atoms with Gasteiger partial charge in [0.25, 0.3) is 0 Å². The highest BCUT2D eigenvalue weighted by atomic mass is 16.1. The quantitative estimate of drug-likeness (QED) is 0.782. The fourth-order valence-corrected chi connectivity index (χ4v) is 2.92. The highest BCUT2D eigenvalue weighted by Crippen LogP contribution is 2.30. The smallest absolute Gasteiger partial charge is 0.166 e. The summed E-state index contributed by atoms with van der Waals surface area (Å²) in [6.07, 6.45) is 2.13. The highest BCUT2D eigenvalue weighted by molar-refractivity contribution is 6.00. The van der Waals surface area contributed by atoms with Crippen LogP contribution in [0.25, 0.3) is 0 Å². The number of benzene rings is 1. The van der Waals surface area contributed by atoms with Gasteiger partial charge in [-0.05, 0) is 11.5 Å². The van der Waals surface area contributed by atoms with E-state index in [9.17, 15) is 4.79 Å². The van der Waals surface area contributed by atoms with E-state index in [4.69, 9.17) is 0 Å². The molecule has 1 aliphatic heterocycles. The van der Waals surface area contributed by atoms with E-state index in [1.54, 1.807) is 0 Å². The molecule has 2 nitrogen and oxygen atoms in total. The van der Waals surface area contributed by atoms with Crippen molar-refractivity contribution in [2.24, 2.45) is 11.3 Å². The summed E-state index contributed by atoms with van der Waals surface area (Å²) in [6.45, 7) is 10.9. The van der Waals surface area contributed by atoms with Crippen LogP contribution in [0.15, 0.2) is 42.0 Å². The summed E-state index contributed by atoms with van der Waals surface area (Å²) in [5.41, 5.74) is 2.00. The third-order valence-electron chi connectivity index (χ3n) is 3.70. The van der Waals surface area contributed by atoms with Crippen molar-refractivity contribution in [3.63, 3.8) is 0 Å². The molecule has 1 saturated heterocycles. The molecule has 1 fully saturated rings. The zero-order valence-electron chi connectivity index (χ0n) is 13.0. The van der Waals surface area contributed by atoms with Crippen molar-refractivity contribution in [1.82, 2.24) is 4.90 Å². The minimum atomic E-state index is -0.284. The fraction of sp³-hybridized carbons (Fsp3) is 0.500. The van der Waals surface area contributed by atoms with Crippen LogP contribution in [0.3, 0.4) is 0 Å². The number of carbonyl (C=O) groups is 1. The van der Waals surface area contributed by atoms with Gasteiger partial charge in [0.1, 0.15) is 0 Å². The zero-order chi connectivity index (χ0) is 14.8. The van der Waals surface area contributed by atoms with Gasteiger partial charge in [-0.15, -0.1) is 0 Å². The lowest BCUT2D eigenvalue weighted by molar-refractivity contribution is -0.126. The van der Waals surface area contributed by atoms with Gasteiger partial charge < -0.3 is 0 Å². The van der Waals surface area contributed by atoms with Crippen molar-refractivity contribution < 1.29 is 4.79 Å². The van der Waals surface area contributed by atoms with Crippen molar-refractivity contribution >= 4 is 5.78 Å². The van der Waals surface area contributed by atoms with Gasteiger partial charge in [-0.3, -0.25) is 9.69 Å².